The van der Waals surface area contributed by atoms with Crippen LogP contribution in [0.3, 0.4) is 0 Å². The predicted octanol–water partition coefficient (Wildman–Crippen LogP) is -7.42. The molecule has 107 heavy (non-hydrogen) atoms. The van der Waals surface area contributed by atoms with Gasteiger partial charge in [-0.3, -0.25) is 71.9 Å². The fraction of sp³-hybridized carbons (Fsp3) is 0.507. The molecule has 15 amide bonds. The largest absolute Gasteiger partial charge is 0.480 e. The summed E-state index contributed by atoms with van der Waals surface area (Å²) in [6, 6.07) is -3.86. The average Bonchev–Trinajstić information content (AvgIpc) is 1.74. The number of fused-ring (bicyclic) bond motifs is 1. The Morgan fingerprint density at radius 3 is 1.71 bits per heavy atom. The fourth-order valence-corrected chi connectivity index (χ4v) is 11.9. The van der Waals surface area contributed by atoms with Gasteiger partial charge in [-0.2, -0.15) is 11.8 Å². The lowest BCUT2D eigenvalue weighted by molar-refractivity contribution is -0.144. The molecular formula is C67H96N20O19S. The van der Waals surface area contributed by atoms with Gasteiger partial charge >= 0.3 is 5.97 Å². The number of benzene rings is 2. The number of hydrogen-bond acceptors (Lipinski definition) is 22. The molecule has 4 aromatic rings. The highest BCUT2D eigenvalue weighted by Gasteiger charge is 2.42. The van der Waals surface area contributed by atoms with Crippen molar-refractivity contribution < 1.29 is 92.0 Å². The SMILES string of the molecule is CSCC[C@H](NC(=O)[C@@H](NC(=O)[C@H](CC(N)=O)NC(=O)[C@@H]1CCCN1C(=O)[C@H](CC(N)=O)NC(=O)[C@H](CCCCN)NC(=O)[C@H](Cc1c[nH]c2ccccc12)NC(=O)[C@H](C)NC(=O)[C@H](Cc1c[nH]cn1)NC(=O)[C@H](Cc1ccccc1)NC(=O)[C@H](CCC(N)=O)NC(=O)CN)[C@@H](C)O)C(=O)N[C@@H](CO)C(=O)O. The minimum Gasteiger partial charge on any atom is -0.480 e. The van der Waals surface area contributed by atoms with E-state index >= 15 is 0 Å². The minimum atomic E-state index is -1.89. The van der Waals surface area contributed by atoms with Crippen LogP contribution in [0.15, 0.2) is 73.3 Å². The second-order valence-corrected chi connectivity index (χ2v) is 26.4. The van der Waals surface area contributed by atoms with Crippen LogP contribution in [0.2, 0.25) is 0 Å². The van der Waals surface area contributed by atoms with Gasteiger partial charge in [-0.25, -0.2) is 9.78 Å². The third-order valence-electron chi connectivity index (χ3n) is 17.1. The molecule has 0 bridgehead atoms. The number of aromatic amines is 2. The van der Waals surface area contributed by atoms with Crippen molar-refractivity contribution in [3.05, 3.63) is 90.1 Å². The van der Waals surface area contributed by atoms with Crippen LogP contribution in [0, 0.1) is 0 Å². The average molecular weight is 1520 g/mol. The van der Waals surface area contributed by atoms with Crippen LogP contribution in [-0.4, -0.2) is 247 Å². The van der Waals surface area contributed by atoms with E-state index in [1.54, 1.807) is 67.0 Å². The van der Waals surface area contributed by atoms with Gasteiger partial charge < -0.3 is 117 Å². The number of para-hydroxylation sites is 1. The summed E-state index contributed by atoms with van der Waals surface area (Å²) in [6.07, 6.45) is 1.51. The number of nitrogens with zero attached hydrogens (tertiary/aromatic N) is 2. The van der Waals surface area contributed by atoms with Crippen molar-refractivity contribution in [2.24, 2.45) is 28.7 Å². The van der Waals surface area contributed by atoms with Gasteiger partial charge in [-0.15, -0.1) is 0 Å². The number of aromatic nitrogens is 3. The third-order valence-corrected chi connectivity index (χ3v) is 17.7. The molecule has 1 aliphatic rings. The molecule has 13 atom stereocenters. The summed E-state index contributed by atoms with van der Waals surface area (Å²) in [6.45, 7) is 0.795. The number of carbonyl (C=O) groups excluding carboxylic acids is 15. The highest BCUT2D eigenvalue weighted by Crippen LogP contribution is 2.22. The molecular weight excluding hydrogens is 1420 g/mol. The van der Waals surface area contributed by atoms with E-state index in [2.05, 4.69) is 73.4 Å². The molecule has 3 heterocycles. The number of nitrogens with two attached hydrogens (primary N) is 5. The number of nitrogens with one attached hydrogen (secondary N) is 13. The van der Waals surface area contributed by atoms with E-state index in [1.807, 2.05) is 0 Å². The second kappa shape index (κ2) is 43.4. The first-order valence-corrected chi connectivity index (χ1v) is 35.7. The molecule has 26 N–H and O–H groups in total. The van der Waals surface area contributed by atoms with E-state index in [9.17, 15) is 92.0 Å². The van der Waals surface area contributed by atoms with Crippen molar-refractivity contribution in [1.29, 1.82) is 0 Å². The van der Waals surface area contributed by atoms with Gasteiger partial charge in [0, 0.05) is 55.5 Å². The first-order chi connectivity index (χ1) is 50.9. The normalized spacial score (nSPS) is 15.9. The first kappa shape index (κ1) is 86.5. The molecule has 1 aliphatic heterocycles. The summed E-state index contributed by atoms with van der Waals surface area (Å²) in [5, 5.41) is 57.2. The van der Waals surface area contributed by atoms with Gasteiger partial charge in [0.1, 0.15) is 72.5 Å². The molecule has 2 aromatic carbocycles. The molecule has 39 nitrogen and oxygen atoms in total. The van der Waals surface area contributed by atoms with Crippen molar-refractivity contribution in [3.63, 3.8) is 0 Å². The minimum absolute atomic E-state index is 0.0888. The Labute approximate surface area is 618 Å². The van der Waals surface area contributed by atoms with Gasteiger partial charge in [0.25, 0.3) is 0 Å². The standard InChI is InChI=1S/C67H96N20O19S/c1-34(76-60(98)46(26-38-31-73-33-75-38)82-61(99)44(24-36-12-5-4-6-13-36)81-58(96)42(18-19-51(70)90)77-54(93)29-69)56(94)80-45(25-37-30-74-40-15-8-7-14-39(37)40)62(100)78-41(16-9-10-21-68)57(95)84-48(28-53(72)92)66(104)87-22-11-17-50(87)64(102)83-47(27-52(71)91)63(101)86-55(35(2)89)65(103)79-43(20-23-107-3)59(97)85-49(32-88)67(105)106/h4-8,12-15,30-31,33-35,41-50,55,74,88-89H,9-11,16-29,32,68-69H2,1-3H3,(H2,70,90)(H2,71,91)(H2,72,92)(H,73,75)(H,76,98)(H,77,93)(H,78,100)(H,79,103)(H,80,94)(H,81,96)(H,82,99)(H,83,102)(H,84,95)(H,85,97)(H,86,101)(H,105,106)/t34-,35+,41-,42-,43-,44-,45-,46-,47-,48-,49-,50-,55-/m0/s1. The number of thioether (sulfide) groups is 1. The summed E-state index contributed by atoms with van der Waals surface area (Å²) >= 11 is 1.25. The second-order valence-electron chi connectivity index (χ2n) is 25.4. The van der Waals surface area contributed by atoms with Crippen molar-refractivity contribution >= 4 is 117 Å². The van der Waals surface area contributed by atoms with Gasteiger partial charge in [0.15, 0.2) is 0 Å². The molecule has 1 fully saturated rings. The zero-order valence-corrected chi connectivity index (χ0v) is 60.0. The fourth-order valence-electron chi connectivity index (χ4n) is 11.4. The molecule has 0 radical (unpaired) electrons. The van der Waals surface area contributed by atoms with Gasteiger partial charge in [0.05, 0.1) is 44.1 Å². The zero-order chi connectivity index (χ0) is 79.0. The molecule has 1 saturated heterocycles. The van der Waals surface area contributed by atoms with Gasteiger partial charge in [-0.1, -0.05) is 48.5 Å². The summed E-state index contributed by atoms with van der Waals surface area (Å²) in [5.41, 5.74) is 29.8. The predicted molar refractivity (Wildman–Crippen MR) is 383 cm³/mol. The van der Waals surface area contributed by atoms with E-state index in [-0.39, 0.29) is 88.7 Å². The molecule has 0 saturated carbocycles. The molecule has 5 rings (SSSR count). The third kappa shape index (κ3) is 27.7. The Bertz CT molecular complexity index is 3770. The Morgan fingerprint density at radius 2 is 1.12 bits per heavy atom. The summed E-state index contributed by atoms with van der Waals surface area (Å²) in [5.74, 6) is -16.4. The highest BCUT2D eigenvalue weighted by atomic mass is 32.2. The number of aliphatic hydroxyl groups excluding tert-OH is 2. The van der Waals surface area contributed by atoms with Crippen molar-refractivity contribution in [2.45, 2.75) is 176 Å². The summed E-state index contributed by atoms with van der Waals surface area (Å²) < 4.78 is 0. The van der Waals surface area contributed by atoms with Crippen LogP contribution < -0.4 is 87.2 Å². The smallest absolute Gasteiger partial charge is 0.328 e. The molecule has 0 unspecified atom stereocenters. The maximum Gasteiger partial charge on any atom is 0.328 e. The molecule has 584 valence electrons. The van der Waals surface area contributed by atoms with Crippen molar-refractivity contribution in [1.82, 2.24) is 78.3 Å². The lowest BCUT2D eigenvalue weighted by Gasteiger charge is -2.31. The van der Waals surface area contributed by atoms with E-state index in [0.29, 0.717) is 28.5 Å². The number of aliphatic carboxylic acids is 1. The maximum absolute atomic E-state index is 14.9. The monoisotopic (exact) mass is 1520 g/mol. The van der Waals surface area contributed by atoms with Gasteiger partial charge in [0.2, 0.25) is 88.6 Å². The molecule has 40 heteroatoms. The Hall–Kier alpha value is -11.1. The number of carboxylic acid groups (broad SMARTS) is 1. The zero-order valence-electron chi connectivity index (χ0n) is 59.2. The number of aliphatic hydroxyl groups is 2. The Kier molecular flexibility index (Phi) is 35.1. The molecule has 0 aliphatic carbocycles. The van der Waals surface area contributed by atoms with E-state index in [1.165, 1.54) is 31.2 Å². The van der Waals surface area contributed by atoms with E-state index in [4.69, 9.17) is 28.7 Å². The lowest BCUT2D eigenvalue weighted by atomic mass is 10.0. The maximum atomic E-state index is 14.9. The van der Waals surface area contributed by atoms with Crippen LogP contribution >= 0.6 is 11.8 Å². The topological polar surface area (TPSA) is 644 Å². The number of imidazole rings is 1. The van der Waals surface area contributed by atoms with Crippen LogP contribution in [0.4, 0.5) is 0 Å². The van der Waals surface area contributed by atoms with Crippen LogP contribution in [0.5, 0.6) is 0 Å². The Balaban J connectivity index is 1.38. The van der Waals surface area contributed by atoms with E-state index < -0.39 is 199 Å². The number of likely N-dealkylation sites (tertiary alicyclic amines) is 1. The van der Waals surface area contributed by atoms with Crippen LogP contribution in [-0.2, 0) is 96.0 Å². The number of primary amides is 3. The van der Waals surface area contributed by atoms with E-state index in [0.717, 1.165) is 11.8 Å². The van der Waals surface area contributed by atoms with Crippen molar-refractivity contribution in [2.75, 3.05) is 38.2 Å². The number of hydrogen-bond donors (Lipinski definition) is 21. The number of unbranched alkanes of at least 4 members (excludes halogenated alkanes) is 1. The summed E-state index contributed by atoms with van der Waals surface area (Å²) in [4.78, 5) is 228. The quantitative estimate of drug-likeness (QED) is 0.0183. The number of H-pyrrole nitrogens is 2. The van der Waals surface area contributed by atoms with Crippen molar-refractivity contribution in [3.8, 4) is 0 Å². The Morgan fingerprint density at radius 1 is 0.579 bits per heavy atom. The highest BCUT2D eigenvalue weighted by molar-refractivity contribution is 7.98. The lowest BCUT2D eigenvalue weighted by Crippen LogP contribution is -2.62. The van der Waals surface area contributed by atoms with Crippen LogP contribution in [0.25, 0.3) is 10.9 Å². The van der Waals surface area contributed by atoms with Gasteiger partial charge in [-0.05, 0) is 94.5 Å². The molecule has 2 aromatic heterocycles. The summed E-state index contributed by atoms with van der Waals surface area (Å²) in [7, 11) is 0. The number of amides is 15. The first-order valence-electron chi connectivity index (χ1n) is 34.3. The number of carbonyl (C=O) groups is 16. The molecule has 0 spiro atoms. The number of rotatable bonds is 46. The number of carboxylic acids is 1. The van der Waals surface area contributed by atoms with Crippen LogP contribution in [0.1, 0.15) is 94.9 Å².